The van der Waals surface area contributed by atoms with Gasteiger partial charge in [-0.25, -0.2) is 4.79 Å². The van der Waals surface area contributed by atoms with E-state index in [9.17, 15) is 14.7 Å². The number of hydrogen-bond donors (Lipinski definition) is 1. The first-order valence-corrected chi connectivity index (χ1v) is 6.47. The third-order valence-electron chi connectivity index (χ3n) is 3.32. The lowest BCUT2D eigenvalue weighted by Gasteiger charge is -2.12. The van der Waals surface area contributed by atoms with E-state index in [0.717, 1.165) is 0 Å². The third kappa shape index (κ3) is 2.31. The predicted molar refractivity (Wildman–Crippen MR) is 76.3 cm³/mol. The Bertz CT molecular complexity index is 717. The highest BCUT2D eigenvalue weighted by molar-refractivity contribution is 6.44. The number of benzene rings is 2. The fourth-order valence-corrected chi connectivity index (χ4v) is 2.29. The number of ketones is 1. The van der Waals surface area contributed by atoms with Gasteiger partial charge in [-0.05, 0) is 5.56 Å². The van der Waals surface area contributed by atoms with Crippen molar-refractivity contribution in [2.24, 2.45) is 0 Å². The Morgan fingerprint density at radius 3 is 2.10 bits per heavy atom. The lowest BCUT2D eigenvalue weighted by Crippen LogP contribution is -2.08. The zero-order valence-electron chi connectivity index (χ0n) is 11.0. The van der Waals surface area contributed by atoms with Crippen molar-refractivity contribution in [2.75, 3.05) is 0 Å². The Kier molecular flexibility index (Phi) is 3.28. The van der Waals surface area contributed by atoms with Gasteiger partial charge in [0.15, 0.2) is 6.10 Å². The maximum atomic E-state index is 12.0. The number of rotatable bonds is 2. The van der Waals surface area contributed by atoms with Crippen LogP contribution in [0.15, 0.2) is 66.2 Å². The molecule has 1 fully saturated rings. The summed E-state index contributed by atoms with van der Waals surface area (Å²) in [6.45, 7) is 0. The topological polar surface area (TPSA) is 63.6 Å². The molecule has 0 spiro atoms. The van der Waals surface area contributed by atoms with Crippen molar-refractivity contribution < 1.29 is 19.4 Å². The molecule has 1 atom stereocenters. The fourth-order valence-electron chi connectivity index (χ4n) is 2.29. The second-order valence-corrected chi connectivity index (χ2v) is 4.65. The van der Waals surface area contributed by atoms with Gasteiger partial charge in [0.05, 0.1) is 5.57 Å². The maximum Gasteiger partial charge on any atom is 0.380 e. The number of carbonyl (C=O) groups excluding carboxylic acids is 2. The third-order valence-corrected chi connectivity index (χ3v) is 3.32. The molecule has 0 amide bonds. The van der Waals surface area contributed by atoms with Crippen molar-refractivity contribution in [3.05, 3.63) is 77.4 Å². The van der Waals surface area contributed by atoms with E-state index < -0.39 is 17.9 Å². The summed E-state index contributed by atoms with van der Waals surface area (Å²) in [6, 6.07) is 17.5. The van der Waals surface area contributed by atoms with Crippen LogP contribution in [0.3, 0.4) is 0 Å². The highest BCUT2D eigenvalue weighted by Gasteiger charge is 2.42. The van der Waals surface area contributed by atoms with Crippen molar-refractivity contribution in [1.82, 2.24) is 0 Å². The molecule has 104 valence electrons. The molecule has 1 saturated heterocycles. The summed E-state index contributed by atoms with van der Waals surface area (Å²) >= 11 is 0. The summed E-state index contributed by atoms with van der Waals surface area (Å²) in [7, 11) is 0. The van der Waals surface area contributed by atoms with Crippen LogP contribution in [0.5, 0.6) is 0 Å². The van der Waals surface area contributed by atoms with Crippen molar-refractivity contribution in [3.8, 4) is 0 Å². The molecule has 2 aromatic carbocycles. The van der Waals surface area contributed by atoms with Gasteiger partial charge >= 0.3 is 5.97 Å². The van der Waals surface area contributed by atoms with Crippen molar-refractivity contribution in [3.63, 3.8) is 0 Å². The van der Waals surface area contributed by atoms with Gasteiger partial charge in [0.1, 0.15) is 5.76 Å². The molecule has 0 radical (unpaired) electrons. The second-order valence-electron chi connectivity index (χ2n) is 4.65. The van der Waals surface area contributed by atoms with Gasteiger partial charge in [-0.15, -0.1) is 0 Å². The number of hydrogen-bond acceptors (Lipinski definition) is 4. The normalized spacial score (nSPS) is 20.3. The highest BCUT2D eigenvalue weighted by Crippen LogP contribution is 2.36. The number of ether oxygens (including phenoxy) is 1. The minimum atomic E-state index is -0.943. The van der Waals surface area contributed by atoms with E-state index in [1.807, 2.05) is 6.07 Å². The van der Waals surface area contributed by atoms with Crippen LogP contribution in [0.4, 0.5) is 0 Å². The van der Waals surface area contributed by atoms with Crippen LogP contribution < -0.4 is 0 Å². The summed E-state index contributed by atoms with van der Waals surface area (Å²) in [6.07, 6.45) is -0.869. The number of esters is 1. The zero-order chi connectivity index (χ0) is 14.8. The number of carbonyl (C=O) groups is 2. The predicted octanol–water partition coefficient (Wildman–Crippen LogP) is 2.82. The summed E-state index contributed by atoms with van der Waals surface area (Å²) in [4.78, 5) is 23.6. The highest BCUT2D eigenvalue weighted by atomic mass is 16.6. The average molecular weight is 280 g/mol. The van der Waals surface area contributed by atoms with E-state index in [1.165, 1.54) is 0 Å². The van der Waals surface area contributed by atoms with Crippen molar-refractivity contribution >= 4 is 17.5 Å². The first kappa shape index (κ1) is 13.1. The summed E-state index contributed by atoms with van der Waals surface area (Å²) in [5.74, 6) is -1.97. The Hall–Kier alpha value is -2.88. The Morgan fingerprint density at radius 2 is 1.48 bits per heavy atom. The van der Waals surface area contributed by atoms with Crippen LogP contribution in [0, 0.1) is 0 Å². The molecule has 0 saturated carbocycles. The van der Waals surface area contributed by atoms with Gasteiger partial charge < -0.3 is 9.84 Å². The zero-order valence-corrected chi connectivity index (χ0v) is 11.0. The largest absolute Gasteiger partial charge is 0.507 e. The van der Waals surface area contributed by atoms with Gasteiger partial charge in [-0.1, -0.05) is 60.7 Å². The van der Waals surface area contributed by atoms with Crippen LogP contribution in [-0.2, 0) is 14.3 Å². The molecule has 4 heteroatoms. The number of aliphatic hydroxyl groups is 1. The average Bonchev–Trinajstić information content (AvgIpc) is 2.84. The molecule has 0 bridgehead atoms. The molecule has 1 aliphatic heterocycles. The Labute approximate surface area is 121 Å². The van der Waals surface area contributed by atoms with Crippen LogP contribution in [0.25, 0.3) is 5.76 Å². The molecule has 1 aliphatic rings. The molecule has 2 aromatic rings. The number of Topliss-reactive ketones (excluding diaryl/α,β-unsaturated/α-hetero) is 1. The lowest BCUT2D eigenvalue weighted by atomic mass is 9.97. The summed E-state index contributed by atoms with van der Waals surface area (Å²) < 4.78 is 5.11. The molecule has 1 unspecified atom stereocenters. The van der Waals surface area contributed by atoms with E-state index in [1.54, 1.807) is 54.6 Å². The molecule has 1 N–H and O–H groups in total. The standard InChI is InChI=1S/C17H12O4/c18-14(11-7-3-1-4-8-11)13-15(19)17(20)21-16(13)12-9-5-2-6-10-12/h1-10,16,18H. The van der Waals surface area contributed by atoms with Crippen LogP contribution in [0.1, 0.15) is 17.2 Å². The fraction of sp³-hybridized carbons (Fsp3) is 0.0588. The van der Waals surface area contributed by atoms with E-state index in [2.05, 4.69) is 0 Å². The van der Waals surface area contributed by atoms with Crippen LogP contribution in [-0.4, -0.2) is 16.9 Å². The Balaban J connectivity index is 2.13. The molecule has 21 heavy (non-hydrogen) atoms. The minimum absolute atomic E-state index is 0.0163. The Morgan fingerprint density at radius 1 is 0.905 bits per heavy atom. The summed E-state index contributed by atoms with van der Waals surface area (Å²) in [5.41, 5.74) is 1.10. The van der Waals surface area contributed by atoms with E-state index >= 15 is 0 Å². The molecule has 0 aliphatic carbocycles. The molecular weight excluding hydrogens is 268 g/mol. The molecule has 0 aromatic heterocycles. The van der Waals surface area contributed by atoms with Crippen LogP contribution >= 0.6 is 0 Å². The quantitative estimate of drug-likeness (QED) is 0.397. The summed E-state index contributed by atoms with van der Waals surface area (Å²) in [5, 5.41) is 10.4. The van der Waals surface area contributed by atoms with Gasteiger partial charge in [0.25, 0.3) is 5.78 Å². The van der Waals surface area contributed by atoms with E-state index in [-0.39, 0.29) is 11.3 Å². The van der Waals surface area contributed by atoms with Crippen LogP contribution in [0.2, 0.25) is 0 Å². The number of aliphatic hydroxyl groups excluding tert-OH is 1. The molecular formula is C17H12O4. The number of cyclic esters (lactones) is 1. The van der Waals surface area contributed by atoms with Crippen molar-refractivity contribution in [1.29, 1.82) is 0 Å². The SMILES string of the molecule is O=C1OC(c2ccccc2)C(=C(O)c2ccccc2)C1=O. The van der Waals surface area contributed by atoms with Crippen molar-refractivity contribution in [2.45, 2.75) is 6.10 Å². The monoisotopic (exact) mass is 280 g/mol. The first-order valence-electron chi connectivity index (χ1n) is 6.47. The second kappa shape index (κ2) is 5.25. The van der Waals surface area contributed by atoms with Gasteiger partial charge in [0, 0.05) is 5.56 Å². The van der Waals surface area contributed by atoms with Gasteiger partial charge in [-0.2, -0.15) is 0 Å². The molecule has 4 nitrogen and oxygen atoms in total. The molecule has 1 heterocycles. The minimum Gasteiger partial charge on any atom is -0.507 e. The lowest BCUT2D eigenvalue weighted by molar-refractivity contribution is -0.149. The van der Waals surface area contributed by atoms with Gasteiger partial charge in [0.2, 0.25) is 0 Å². The maximum absolute atomic E-state index is 12.0. The van der Waals surface area contributed by atoms with E-state index in [4.69, 9.17) is 4.74 Å². The van der Waals surface area contributed by atoms with Gasteiger partial charge in [-0.3, -0.25) is 4.79 Å². The first-order chi connectivity index (χ1) is 10.2. The molecule has 3 rings (SSSR count). The van der Waals surface area contributed by atoms with E-state index in [0.29, 0.717) is 11.1 Å². The smallest absolute Gasteiger partial charge is 0.380 e.